The molecular formula is C19H19N3O3S. The molecule has 6 nitrogen and oxygen atoms in total. The molecule has 0 N–H and O–H groups in total. The van der Waals surface area contributed by atoms with E-state index in [1.807, 2.05) is 30.3 Å². The van der Waals surface area contributed by atoms with Gasteiger partial charge >= 0.3 is 5.97 Å². The van der Waals surface area contributed by atoms with Crippen LogP contribution >= 0.6 is 11.3 Å². The first-order valence-corrected chi connectivity index (χ1v) is 9.32. The number of hydrogen-bond acceptors (Lipinski definition) is 6. The number of nitriles is 1. The number of carbonyl (C=O) groups excluding carboxylic acids is 2. The third kappa shape index (κ3) is 3.60. The maximum atomic E-state index is 12.3. The summed E-state index contributed by atoms with van der Waals surface area (Å²) in [6.45, 7) is 1.48. The van der Waals surface area contributed by atoms with Gasteiger partial charge in [-0.15, -0.1) is 11.3 Å². The predicted octanol–water partition coefficient (Wildman–Crippen LogP) is 3.95. The van der Waals surface area contributed by atoms with Gasteiger partial charge in [0.25, 0.3) is 0 Å². The fourth-order valence-corrected chi connectivity index (χ4v) is 3.96. The minimum absolute atomic E-state index is 0.000697. The number of amides is 1. The molecule has 1 aliphatic rings. The fourth-order valence-electron chi connectivity index (χ4n) is 3.09. The van der Waals surface area contributed by atoms with Crippen LogP contribution in [0.1, 0.15) is 38.3 Å². The molecule has 2 aromatic rings. The van der Waals surface area contributed by atoms with E-state index in [-0.39, 0.29) is 12.5 Å². The van der Waals surface area contributed by atoms with Crippen molar-refractivity contribution in [1.29, 1.82) is 5.26 Å². The van der Waals surface area contributed by atoms with E-state index in [2.05, 4.69) is 11.1 Å². The van der Waals surface area contributed by atoms with Crippen LogP contribution in [0.5, 0.6) is 0 Å². The molecule has 7 heteroatoms. The maximum absolute atomic E-state index is 12.3. The van der Waals surface area contributed by atoms with Gasteiger partial charge in [-0.3, -0.25) is 14.5 Å². The first kappa shape index (κ1) is 18.1. The van der Waals surface area contributed by atoms with Crippen LogP contribution < -0.4 is 4.90 Å². The largest absolute Gasteiger partial charge is 0.458 e. The van der Waals surface area contributed by atoms with Crippen LogP contribution in [0, 0.1) is 16.7 Å². The second kappa shape index (κ2) is 7.67. The van der Waals surface area contributed by atoms with Gasteiger partial charge in [-0.25, -0.2) is 4.98 Å². The van der Waals surface area contributed by atoms with E-state index in [4.69, 9.17) is 4.74 Å². The Hall–Kier alpha value is -2.72. The number of anilines is 2. The molecule has 0 aliphatic heterocycles. The summed E-state index contributed by atoms with van der Waals surface area (Å²) in [5, 5.41) is 11.6. The van der Waals surface area contributed by atoms with Gasteiger partial charge in [-0.1, -0.05) is 31.0 Å². The number of ether oxygens (including phenoxy) is 1. The van der Waals surface area contributed by atoms with Crippen LogP contribution in [0.15, 0.2) is 35.7 Å². The van der Waals surface area contributed by atoms with Crippen molar-refractivity contribution in [3.63, 3.8) is 0 Å². The molecule has 0 bridgehead atoms. The van der Waals surface area contributed by atoms with Crippen LogP contribution in [-0.4, -0.2) is 16.9 Å². The lowest BCUT2D eigenvalue weighted by atomic mass is 9.88. The Kier molecular flexibility index (Phi) is 5.33. The Morgan fingerprint density at radius 1 is 1.31 bits per heavy atom. The number of hydrogen-bond donors (Lipinski definition) is 0. The highest BCUT2D eigenvalue weighted by Gasteiger charge is 2.43. The molecule has 1 aromatic heterocycles. The summed E-state index contributed by atoms with van der Waals surface area (Å²) in [6.07, 6.45) is 2.84. The Balaban J connectivity index is 1.70. The molecule has 1 amide bonds. The molecule has 1 heterocycles. The van der Waals surface area contributed by atoms with E-state index in [1.165, 1.54) is 23.2 Å². The molecule has 134 valence electrons. The maximum Gasteiger partial charge on any atom is 0.326 e. The number of carbonyl (C=O) groups is 2. The van der Waals surface area contributed by atoms with Gasteiger partial charge in [0.15, 0.2) is 10.5 Å². The van der Waals surface area contributed by atoms with Crippen LogP contribution in [0.3, 0.4) is 0 Å². The summed E-state index contributed by atoms with van der Waals surface area (Å²) in [5.41, 5.74) is 0.285. The monoisotopic (exact) mass is 369 g/mol. The Bertz CT molecular complexity index is 835. The minimum Gasteiger partial charge on any atom is -0.458 e. The highest BCUT2D eigenvalue weighted by molar-refractivity contribution is 7.14. The summed E-state index contributed by atoms with van der Waals surface area (Å²) in [6, 6.07) is 11.4. The normalized spacial score (nSPS) is 15.2. The van der Waals surface area contributed by atoms with E-state index in [1.54, 1.807) is 5.38 Å². The SMILES string of the molecule is CC(=O)N(c1ccccc1)c1nc(COC(=O)C2(C#N)CCCC2)cs1. The Morgan fingerprint density at radius 2 is 2.00 bits per heavy atom. The number of thiazole rings is 1. The van der Waals surface area contributed by atoms with Crippen LogP contribution in [0.2, 0.25) is 0 Å². The smallest absolute Gasteiger partial charge is 0.326 e. The van der Waals surface area contributed by atoms with Gasteiger partial charge in [0.2, 0.25) is 5.91 Å². The Labute approximate surface area is 156 Å². The molecule has 0 saturated heterocycles. The first-order chi connectivity index (χ1) is 12.6. The topological polar surface area (TPSA) is 83.3 Å². The lowest BCUT2D eigenvalue weighted by Crippen LogP contribution is -2.28. The number of para-hydroxylation sites is 1. The van der Waals surface area contributed by atoms with Crippen molar-refractivity contribution in [2.45, 2.75) is 39.2 Å². The molecule has 1 fully saturated rings. The van der Waals surface area contributed by atoms with Crippen molar-refractivity contribution < 1.29 is 14.3 Å². The van der Waals surface area contributed by atoms with Gasteiger partial charge in [0.05, 0.1) is 17.5 Å². The van der Waals surface area contributed by atoms with Crippen molar-refractivity contribution in [1.82, 2.24) is 4.98 Å². The van der Waals surface area contributed by atoms with Crippen molar-refractivity contribution >= 4 is 34.0 Å². The summed E-state index contributed by atoms with van der Waals surface area (Å²) in [4.78, 5) is 30.3. The summed E-state index contributed by atoms with van der Waals surface area (Å²) >= 11 is 1.31. The highest BCUT2D eigenvalue weighted by atomic mass is 32.1. The van der Waals surface area contributed by atoms with Gasteiger partial charge < -0.3 is 4.74 Å². The number of nitrogens with zero attached hydrogens (tertiary/aromatic N) is 3. The van der Waals surface area contributed by atoms with E-state index in [9.17, 15) is 14.9 Å². The van der Waals surface area contributed by atoms with Crippen LogP contribution in [-0.2, 0) is 20.9 Å². The molecule has 0 atom stereocenters. The van der Waals surface area contributed by atoms with Crippen molar-refractivity contribution in [3.8, 4) is 6.07 Å². The minimum atomic E-state index is -1.01. The summed E-state index contributed by atoms with van der Waals surface area (Å²) in [7, 11) is 0. The molecule has 26 heavy (non-hydrogen) atoms. The van der Waals surface area contributed by atoms with Crippen LogP contribution in [0.25, 0.3) is 0 Å². The second-order valence-electron chi connectivity index (χ2n) is 6.29. The highest BCUT2D eigenvalue weighted by Crippen LogP contribution is 2.39. The number of aromatic nitrogens is 1. The molecule has 1 saturated carbocycles. The van der Waals surface area contributed by atoms with Crippen molar-refractivity contribution in [2.75, 3.05) is 4.90 Å². The average molecular weight is 369 g/mol. The van der Waals surface area contributed by atoms with E-state index in [0.29, 0.717) is 23.7 Å². The first-order valence-electron chi connectivity index (χ1n) is 8.44. The molecule has 0 radical (unpaired) electrons. The Morgan fingerprint density at radius 3 is 2.62 bits per heavy atom. The lowest BCUT2D eigenvalue weighted by molar-refractivity contribution is -0.153. The van der Waals surface area contributed by atoms with E-state index >= 15 is 0 Å². The van der Waals surface area contributed by atoms with Gasteiger partial charge in [-0.2, -0.15) is 5.26 Å². The second-order valence-corrected chi connectivity index (χ2v) is 7.13. The van der Waals surface area contributed by atoms with E-state index < -0.39 is 11.4 Å². The molecule has 1 aromatic carbocycles. The fraction of sp³-hybridized carbons (Fsp3) is 0.368. The van der Waals surface area contributed by atoms with Crippen LogP contribution in [0.4, 0.5) is 10.8 Å². The van der Waals surface area contributed by atoms with Gasteiger partial charge in [-0.05, 0) is 25.0 Å². The van der Waals surface area contributed by atoms with Gasteiger partial charge in [0.1, 0.15) is 6.61 Å². The number of rotatable bonds is 5. The zero-order valence-electron chi connectivity index (χ0n) is 14.5. The number of esters is 1. The summed E-state index contributed by atoms with van der Waals surface area (Å²) < 4.78 is 5.34. The molecule has 0 unspecified atom stereocenters. The third-order valence-corrected chi connectivity index (χ3v) is 5.35. The quantitative estimate of drug-likeness (QED) is 0.745. The molecule has 0 spiro atoms. The van der Waals surface area contributed by atoms with Crippen molar-refractivity contribution in [3.05, 3.63) is 41.4 Å². The standard InChI is InChI=1S/C19H19N3O3S/c1-14(23)22(16-7-3-2-4-8-16)18-21-15(12-26-18)11-25-17(24)19(13-20)9-5-6-10-19/h2-4,7-8,12H,5-6,9-11H2,1H3. The predicted molar refractivity (Wildman–Crippen MR) is 97.7 cm³/mol. The van der Waals surface area contributed by atoms with Gasteiger partial charge in [0, 0.05) is 12.3 Å². The molecule has 1 aliphatic carbocycles. The molecular weight excluding hydrogens is 350 g/mol. The molecule has 3 rings (SSSR count). The zero-order valence-corrected chi connectivity index (χ0v) is 15.3. The average Bonchev–Trinajstić information content (AvgIpc) is 3.31. The zero-order chi connectivity index (χ0) is 18.6. The summed E-state index contributed by atoms with van der Waals surface area (Å²) in [5.74, 6) is -0.623. The van der Waals surface area contributed by atoms with E-state index in [0.717, 1.165) is 18.5 Å². The lowest BCUT2D eigenvalue weighted by Gasteiger charge is -2.18. The van der Waals surface area contributed by atoms with Crippen molar-refractivity contribution in [2.24, 2.45) is 5.41 Å². The number of benzene rings is 1. The third-order valence-electron chi connectivity index (χ3n) is 4.47.